The largest absolute Gasteiger partial charge is 0.301 e. The fourth-order valence-corrected chi connectivity index (χ4v) is 5.61. The van der Waals surface area contributed by atoms with Gasteiger partial charge in [-0.15, -0.1) is 6.58 Å². The summed E-state index contributed by atoms with van der Waals surface area (Å²) in [5.41, 5.74) is 5.79. The lowest BCUT2D eigenvalue weighted by Gasteiger charge is -2.56. The molecule has 33 heavy (non-hydrogen) atoms. The van der Waals surface area contributed by atoms with Crippen LogP contribution in [0.5, 0.6) is 0 Å². The van der Waals surface area contributed by atoms with Crippen LogP contribution in [-0.4, -0.2) is 16.1 Å². The van der Waals surface area contributed by atoms with Crippen molar-refractivity contribution in [2.24, 2.45) is 5.41 Å². The van der Waals surface area contributed by atoms with E-state index in [4.69, 9.17) is 9.97 Å². The first-order chi connectivity index (χ1) is 15.5. The Hall–Kier alpha value is -3.14. The molecule has 3 heterocycles. The highest BCUT2D eigenvalue weighted by Gasteiger charge is 2.59. The number of benzene rings is 2. The van der Waals surface area contributed by atoms with Crippen molar-refractivity contribution in [2.75, 3.05) is 9.80 Å². The van der Waals surface area contributed by atoms with Gasteiger partial charge >= 0.3 is 0 Å². The van der Waals surface area contributed by atoms with Crippen LogP contribution in [0.1, 0.15) is 58.2 Å². The third-order valence-corrected chi connectivity index (χ3v) is 8.06. The van der Waals surface area contributed by atoms with Crippen molar-refractivity contribution in [3.63, 3.8) is 0 Å². The van der Waals surface area contributed by atoms with Crippen molar-refractivity contribution in [3.8, 4) is 0 Å². The number of hydrogen-bond donors (Lipinski definition) is 0. The SMILES string of the molecule is C=CC1(C)c2ccc(C(C)(C)C)cc2N2c3nccnc3N(c3ccccc3C)C2C1(C)C. The smallest absolute Gasteiger partial charge is 0.178 e. The molecule has 3 aromatic rings. The average molecular weight is 439 g/mol. The highest BCUT2D eigenvalue weighted by atomic mass is 15.5. The van der Waals surface area contributed by atoms with Gasteiger partial charge in [0, 0.05) is 34.6 Å². The van der Waals surface area contributed by atoms with Gasteiger partial charge in [-0.1, -0.05) is 78.0 Å². The zero-order valence-electron chi connectivity index (χ0n) is 20.8. The third kappa shape index (κ3) is 2.82. The fourth-order valence-electron chi connectivity index (χ4n) is 5.61. The van der Waals surface area contributed by atoms with E-state index in [2.05, 4.69) is 113 Å². The number of aryl methyl sites for hydroxylation is 1. The molecule has 2 aliphatic heterocycles. The molecule has 2 aromatic carbocycles. The lowest BCUT2D eigenvalue weighted by atomic mass is 9.58. The van der Waals surface area contributed by atoms with E-state index in [0.29, 0.717) is 0 Å². The fraction of sp³-hybridized carbons (Fsp3) is 0.379. The summed E-state index contributed by atoms with van der Waals surface area (Å²) in [5, 5.41) is 0. The van der Waals surface area contributed by atoms with E-state index in [0.717, 1.165) is 11.6 Å². The summed E-state index contributed by atoms with van der Waals surface area (Å²) in [6.07, 6.45) is 5.75. The monoisotopic (exact) mass is 438 g/mol. The molecule has 0 amide bonds. The molecule has 2 unspecified atom stereocenters. The summed E-state index contributed by atoms with van der Waals surface area (Å²) in [6, 6.07) is 15.5. The molecular weight excluding hydrogens is 404 g/mol. The van der Waals surface area contributed by atoms with E-state index < -0.39 is 0 Å². The number of anilines is 4. The van der Waals surface area contributed by atoms with Gasteiger partial charge in [0.05, 0.1) is 0 Å². The van der Waals surface area contributed by atoms with Gasteiger partial charge < -0.3 is 9.80 Å². The summed E-state index contributed by atoms with van der Waals surface area (Å²) in [6.45, 7) is 20.3. The molecule has 0 bridgehead atoms. The number of aromatic nitrogens is 2. The lowest BCUT2D eigenvalue weighted by Crippen LogP contribution is -2.60. The van der Waals surface area contributed by atoms with Crippen LogP contribution in [0.3, 0.4) is 0 Å². The summed E-state index contributed by atoms with van der Waals surface area (Å²) in [7, 11) is 0. The molecule has 1 aromatic heterocycles. The third-order valence-electron chi connectivity index (χ3n) is 8.06. The first-order valence-electron chi connectivity index (χ1n) is 11.8. The van der Waals surface area contributed by atoms with Crippen molar-refractivity contribution in [1.82, 2.24) is 9.97 Å². The van der Waals surface area contributed by atoms with Crippen molar-refractivity contribution in [3.05, 3.63) is 84.2 Å². The van der Waals surface area contributed by atoms with Crippen molar-refractivity contribution < 1.29 is 0 Å². The Morgan fingerprint density at radius 3 is 2.09 bits per heavy atom. The normalized spacial score (nSPS) is 23.1. The molecule has 0 N–H and O–H groups in total. The maximum absolute atomic E-state index is 4.87. The summed E-state index contributed by atoms with van der Waals surface area (Å²) in [5.74, 6) is 1.82. The van der Waals surface area contributed by atoms with Gasteiger partial charge in [0.25, 0.3) is 0 Å². The molecular formula is C29H34N4. The molecule has 0 saturated carbocycles. The van der Waals surface area contributed by atoms with Crippen LogP contribution in [0.25, 0.3) is 0 Å². The minimum atomic E-state index is -0.247. The van der Waals surface area contributed by atoms with Gasteiger partial charge in [-0.2, -0.15) is 0 Å². The highest BCUT2D eigenvalue weighted by Crippen LogP contribution is 2.62. The Labute approximate surface area is 198 Å². The Morgan fingerprint density at radius 2 is 1.52 bits per heavy atom. The van der Waals surface area contributed by atoms with Crippen molar-refractivity contribution in [2.45, 2.75) is 65.5 Å². The van der Waals surface area contributed by atoms with E-state index in [-0.39, 0.29) is 22.4 Å². The molecule has 0 spiro atoms. The van der Waals surface area contributed by atoms with Gasteiger partial charge in [-0.3, -0.25) is 0 Å². The Bertz CT molecular complexity index is 1250. The molecule has 0 saturated heterocycles. The zero-order valence-corrected chi connectivity index (χ0v) is 20.8. The first kappa shape index (κ1) is 21.7. The highest BCUT2D eigenvalue weighted by molar-refractivity contribution is 5.87. The van der Waals surface area contributed by atoms with E-state index in [1.807, 2.05) is 0 Å². The Kier molecular flexibility index (Phi) is 4.55. The zero-order chi connectivity index (χ0) is 23.8. The molecule has 4 nitrogen and oxygen atoms in total. The van der Waals surface area contributed by atoms with Crippen LogP contribution >= 0.6 is 0 Å². The molecule has 2 aliphatic rings. The van der Waals surface area contributed by atoms with E-state index >= 15 is 0 Å². The minimum absolute atomic E-state index is 0.00159. The van der Waals surface area contributed by atoms with Crippen LogP contribution in [0.2, 0.25) is 0 Å². The first-order valence-corrected chi connectivity index (χ1v) is 11.8. The molecule has 170 valence electrons. The van der Waals surface area contributed by atoms with Crippen molar-refractivity contribution in [1.29, 1.82) is 0 Å². The van der Waals surface area contributed by atoms with Crippen LogP contribution in [0.15, 0.2) is 67.5 Å². The van der Waals surface area contributed by atoms with Crippen LogP contribution in [0, 0.1) is 12.3 Å². The maximum atomic E-state index is 4.87. The molecule has 5 rings (SSSR count). The predicted molar refractivity (Wildman–Crippen MR) is 138 cm³/mol. The van der Waals surface area contributed by atoms with E-state index in [1.165, 1.54) is 28.1 Å². The minimum Gasteiger partial charge on any atom is -0.301 e. The topological polar surface area (TPSA) is 32.3 Å². The van der Waals surface area contributed by atoms with Gasteiger partial charge in [-0.05, 0) is 41.2 Å². The second kappa shape index (κ2) is 6.93. The van der Waals surface area contributed by atoms with Crippen LogP contribution < -0.4 is 9.80 Å². The summed E-state index contributed by atoms with van der Waals surface area (Å²) >= 11 is 0. The summed E-state index contributed by atoms with van der Waals surface area (Å²) < 4.78 is 0. The van der Waals surface area contributed by atoms with Gasteiger partial charge in [0.2, 0.25) is 0 Å². The lowest BCUT2D eigenvalue weighted by molar-refractivity contribution is 0.170. The van der Waals surface area contributed by atoms with Gasteiger partial charge in [0.1, 0.15) is 6.17 Å². The van der Waals surface area contributed by atoms with E-state index in [9.17, 15) is 0 Å². The predicted octanol–water partition coefficient (Wildman–Crippen LogP) is 7.18. The molecule has 4 heteroatoms. The number of fused-ring (bicyclic) bond motifs is 5. The Balaban J connectivity index is 1.87. The van der Waals surface area contributed by atoms with Crippen molar-refractivity contribution >= 4 is 23.0 Å². The molecule has 2 atom stereocenters. The number of para-hydroxylation sites is 1. The van der Waals surface area contributed by atoms with Crippen LogP contribution in [0.4, 0.5) is 23.0 Å². The average Bonchev–Trinajstić information content (AvgIpc) is 3.13. The molecule has 0 radical (unpaired) electrons. The Morgan fingerprint density at radius 1 is 0.909 bits per heavy atom. The van der Waals surface area contributed by atoms with Gasteiger partial charge in [-0.25, -0.2) is 9.97 Å². The number of nitrogens with zero attached hydrogens (tertiary/aromatic N) is 4. The number of rotatable bonds is 2. The second-order valence-corrected chi connectivity index (χ2v) is 11.2. The number of hydrogen-bond acceptors (Lipinski definition) is 4. The second-order valence-electron chi connectivity index (χ2n) is 11.2. The molecule has 0 aliphatic carbocycles. The number of allylic oxidation sites excluding steroid dienone is 1. The van der Waals surface area contributed by atoms with Crippen LogP contribution in [-0.2, 0) is 10.8 Å². The van der Waals surface area contributed by atoms with Gasteiger partial charge in [0.15, 0.2) is 11.6 Å². The maximum Gasteiger partial charge on any atom is 0.178 e. The summed E-state index contributed by atoms with van der Waals surface area (Å²) in [4.78, 5) is 14.6. The standard InChI is InChI=1S/C29H34N4/c1-9-29(8)21-15-14-20(27(3,4)5)18-23(21)33-25-24(30-16-17-31-25)32(26(33)28(29,6)7)22-13-11-10-12-19(22)2/h9-18,26H,1H2,2-8H3. The quantitative estimate of drug-likeness (QED) is 0.397. The molecule has 0 fully saturated rings. The van der Waals surface area contributed by atoms with E-state index in [1.54, 1.807) is 12.4 Å².